The standard InChI is InChI=1S/C14H20ClNO3S/c1-10-7-8-11(15)9-14(10)20(18,19)16(2)12-5-3-4-6-13(12)17/h7-9,12-13,17H,3-6H2,1-2H3. The number of halogens is 1. The minimum atomic E-state index is -3.64. The maximum Gasteiger partial charge on any atom is 0.243 e. The first-order valence-corrected chi connectivity index (χ1v) is 8.58. The molecule has 0 heterocycles. The molecule has 0 amide bonds. The molecule has 0 aliphatic heterocycles. The smallest absolute Gasteiger partial charge is 0.243 e. The highest BCUT2D eigenvalue weighted by Gasteiger charge is 2.34. The van der Waals surface area contributed by atoms with Crippen molar-refractivity contribution in [1.82, 2.24) is 4.31 Å². The van der Waals surface area contributed by atoms with Crippen LogP contribution in [0, 0.1) is 6.92 Å². The van der Waals surface area contributed by atoms with Crippen molar-refractivity contribution >= 4 is 21.6 Å². The Morgan fingerprint density at radius 1 is 1.30 bits per heavy atom. The largest absolute Gasteiger partial charge is 0.391 e. The number of aliphatic hydroxyl groups is 1. The van der Waals surface area contributed by atoms with Gasteiger partial charge in [-0.2, -0.15) is 4.31 Å². The van der Waals surface area contributed by atoms with Crippen LogP contribution in [-0.4, -0.2) is 37.0 Å². The third-order valence-electron chi connectivity index (χ3n) is 3.97. The van der Waals surface area contributed by atoms with Gasteiger partial charge in [0, 0.05) is 12.1 Å². The first-order valence-electron chi connectivity index (χ1n) is 6.76. The maximum absolute atomic E-state index is 12.7. The highest BCUT2D eigenvalue weighted by molar-refractivity contribution is 7.89. The van der Waals surface area contributed by atoms with E-state index in [0.717, 1.165) is 12.8 Å². The second-order valence-corrected chi connectivity index (χ2v) is 7.75. The van der Waals surface area contributed by atoms with Crippen LogP contribution in [0.5, 0.6) is 0 Å². The van der Waals surface area contributed by atoms with Crippen LogP contribution in [0.4, 0.5) is 0 Å². The van der Waals surface area contributed by atoms with Crippen molar-refractivity contribution in [2.75, 3.05) is 7.05 Å². The van der Waals surface area contributed by atoms with Crippen molar-refractivity contribution in [2.24, 2.45) is 0 Å². The van der Waals surface area contributed by atoms with E-state index in [1.54, 1.807) is 19.1 Å². The number of aryl methyl sites for hydroxylation is 1. The van der Waals surface area contributed by atoms with E-state index < -0.39 is 16.1 Å². The van der Waals surface area contributed by atoms with Crippen molar-refractivity contribution in [3.05, 3.63) is 28.8 Å². The first kappa shape index (κ1) is 15.8. The lowest BCUT2D eigenvalue weighted by Crippen LogP contribution is -2.46. The molecule has 2 atom stereocenters. The van der Waals surface area contributed by atoms with Crippen molar-refractivity contribution in [2.45, 2.75) is 49.6 Å². The Hall–Kier alpha value is -0.620. The molecule has 2 rings (SSSR count). The van der Waals surface area contributed by atoms with E-state index in [2.05, 4.69) is 0 Å². The van der Waals surface area contributed by atoms with Gasteiger partial charge in [-0.25, -0.2) is 8.42 Å². The summed E-state index contributed by atoms with van der Waals surface area (Å²) in [5, 5.41) is 10.4. The Labute approximate surface area is 125 Å². The van der Waals surface area contributed by atoms with Crippen LogP contribution in [0.1, 0.15) is 31.2 Å². The first-order chi connectivity index (χ1) is 9.34. The average molecular weight is 318 g/mol. The lowest BCUT2D eigenvalue weighted by atomic mass is 9.93. The predicted octanol–water partition coefficient (Wildman–Crippen LogP) is 2.57. The summed E-state index contributed by atoms with van der Waals surface area (Å²) < 4.78 is 26.7. The molecule has 4 nitrogen and oxygen atoms in total. The molecule has 1 aliphatic carbocycles. The van der Waals surface area contributed by atoms with Crippen molar-refractivity contribution < 1.29 is 13.5 Å². The number of hydrogen-bond donors (Lipinski definition) is 1. The van der Waals surface area contributed by atoms with Crippen LogP contribution in [0.3, 0.4) is 0 Å². The Bertz CT molecular complexity index is 588. The molecule has 0 radical (unpaired) electrons. The van der Waals surface area contributed by atoms with Gasteiger partial charge in [-0.05, 0) is 37.5 Å². The lowest BCUT2D eigenvalue weighted by molar-refractivity contribution is 0.0638. The predicted molar refractivity (Wildman–Crippen MR) is 79.4 cm³/mol. The van der Waals surface area contributed by atoms with Crippen LogP contribution in [0.15, 0.2) is 23.1 Å². The van der Waals surface area contributed by atoms with Crippen molar-refractivity contribution in [1.29, 1.82) is 0 Å². The topological polar surface area (TPSA) is 57.6 Å². The molecule has 0 saturated heterocycles. The number of rotatable bonds is 3. The molecule has 112 valence electrons. The fourth-order valence-corrected chi connectivity index (χ4v) is 4.60. The summed E-state index contributed by atoms with van der Waals surface area (Å²) in [7, 11) is -2.10. The van der Waals surface area contributed by atoms with Crippen LogP contribution in [0.25, 0.3) is 0 Å². The molecule has 1 aliphatic rings. The molecule has 1 fully saturated rings. The summed E-state index contributed by atoms with van der Waals surface area (Å²) in [4.78, 5) is 0.213. The van der Waals surface area contributed by atoms with Gasteiger partial charge in [0.15, 0.2) is 0 Å². The van der Waals surface area contributed by atoms with Crippen LogP contribution >= 0.6 is 11.6 Å². The zero-order chi connectivity index (χ0) is 14.9. The molecule has 0 bridgehead atoms. The van der Waals surface area contributed by atoms with E-state index in [4.69, 9.17) is 11.6 Å². The summed E-state index contributed by atoms with van der Waals surface area (Å²) >= 11 is 5.91. The van der Waals surface area contributed by atoms with E-state index in [1.807, 2.05) is 0 Å². The minimum absolute atomic E-state index is 0.213. The van der Waals surface area contributed by atoms with Gasteiger partial charge in [0.25, 0.3) is 0 Å². The Kier molecular flexibility index (Phi) is 4.74. The number of nitrogens with zero attached hydrogens (tertiary/aromatic N) is 1. The number of likely N-dealkylation sites (N-methyl/N-ethyl adjacent to an activating group) is 1. The van der Waals surface area contributed by atoms with Gasteiger partial charge in [-0.15, -0.1) is 0 Å². The van der Waals surface area contributed by atoms with Crippen LogP contribution in [0.2, 0.25) is 5.02 Å². The second kappa shape index (κ2) is 6.02. The zero-order valence-electron chi connectivity index (χ0n) is 11.7. The third kappa shape index (κ3) is 3.01. The minimum Gasteiger partial charge on any atom is -0.391 e. The number of hydrogen-bond acceptors (Lipinski definition) is 3. The quantitative estimate of drug-likeness (QED) is 0.932. The molecule has 0 spiro atoms. The van der Waals surface area contributed by atoms with Crippen molar-refractivity contribution in [3.63, 3.8) is 0 Å². The zero-order valence-corrected chi connectivity index (χ0v) is 13.3. The van der Waals surface area contributed by atoms with Gasteiger partial charge in [-0.3, -0.25) is 0 Å². The number of sulfonamides is 1. The van der Waals surface area contributed by atoms with Gasteiger partial charge in [0.1, 0.15) is 0 Å². The molecule has 1 aromatic carbocycles. The molecule has 1 saturated carbocycles. The summed E-state index contributed by atoms with van der Waals surface area (Å²) in [6.07, 6.45) is 2.64. The van der Waals surface area contributed by atoms with E-state index in [-0.39, 0.29) is 10.9 Å². The second-order valence-electron chi connectivity index (χ2n) is 5.35. The van der Waals surface area contributed by atoms with E-state index in [0.29, 0.717) is 23.4 Å². The van der Waals surface area contributed by atoms with E-state index >= 15 is 0 Å². The van der Waals surface area contributed by atoms with Gasteiger partial charge >= 0.3 is 0 Å². The summed E-state index contributed by atoms with van der Waals surface area (Å²) in [5.74, 6) is 0. The summed E-state index contributed by atoms with van der Waals surface area (Å²) in [6, 6.07) is 4.48. The maximum atomic E-state index is 12.7. The van der Waals surface area contributed by atoms with Gasteiger partial charge in [0.05, 0.1) is 17.0 Å². The molecular weight excluding hydrogens is 298 g/mol. The Balaban J connectivity index is 2.36. The summed E-state index contributed by atoms with van der Waals surface area (Å²) in [5.41, 5.74) is 0.659. The van der Waals surface area contributed by atoms with Crippen molar-refractivity contribution in [3.8, 4) is 0 Å². The fourth-order valence-electron chi connectivity index (χ4n) is 2.70. The molecule has 20 heavy (non-hydrogen) atoms. The summed E-state index contributed by atoms with van der Waals surface area (Å²) in [6.45, 7) is 1.74. The third-order valence-corrected chi connectivity index (χ3v) is 6.23. The fraction of sp³-hybridized carbons (Fsp3) is 0.571. The highest BCUT2D eigenvalue weighted by atomic mass is 35.5. The SMILES string of the molecule is Cc1ccc(Cl)cc1S(=O)(=O)N(C)C1CCCCC1O. The number of benzene rings is 1. The average Bonchev–Trinajstić information content (AvgIpc) is 2.41. The highest BCUT2D eigenvalue weighted by Crippen LogP contribution is 2.29. The molecular formula is C14H20ClNO3S. The molecule has 6 heteroatoms. The van der Waals surface area contributed by atoms with Crippen LogP contribution < -0.4 is 0 Å². The molecule has 2 unspecified atom stereocenters. The van der Waals surface area contributed by atoms with E-state index in [9.17, 15) is 13.5 Å². The number of aliphatic hydroxyl groups excluding tert-OH is 1. The monoisotopic (exact) mass is 317 g/mol. The van der Waals surface area contributed by atoms with Crippen LogP contribution in [-0.2, 0) is 10.0 Å². The van der Waals surface area contributed by atoms with Gasteiger partial charge in [-0.1, -0.05) is 30.5 Å². The van der Waals surface area contributed by atoms with E-state index in [1.165, 1.54) is 17.4 Å². The Morgan fingerprint density at radius 3 is 2.60 bits per heavy atom. The molecule has 0 aromatic heterocycles. The lowest BCUT2D eigenvalue weighted by Gasteiger charge is -2.34. The van der Waals surface area contributed by atoms with Gasteiger partial charge < -0.3 is 5.11 Å². The normalized spacial score (nSPS) is 24.1. The molecule has 1 aromatic rings. The molecule has 1 N–H and O–H groups in total. The van der Waals surface area contributed by atoms with Gasteiger partial charge in [0.2, 0.25) is 10.0 Å². The Morgan fingerprint density at radius 2 is 1.95 bits per heavy atom.